The SMILES string of the molecule is OC(c1c(F)ccc(Br)c1F)C(F)(F)F. The van der Waals surface area contributed by atoms with Crippen molar-refractivity contribution in [2.45, 2.75) is 12.3 Å². The van der Waals surface area contributed by atoms with Crippen molar-refractivity contribution >= 4 is 15.9 Å². The summed E-state index contributed by atoms with van der Waals surface area (Å²) in [6, 6.07) is 1.55. The van der Waals surface area contributed by atoms with E-state index in [4.69, 9.17) is 5.11 Å². The molecule has 1 nitrogen and oxygen atoms in total. The summed E-state index contributed by atoms with van der Waals surface area (Å²) in [6.07, 6.45) is -8.28. The molecule has 1 aromatic carbocycles. The summed E-state index contributed by atoms with van der Waals surface area (Å²) in [6.45, 7) is 0. The maximum atomic E-state index is 13.1. The van der Waals surface area contributed by atoms with Crippen molar-refractivity contribution in [3.63, 3.8) is 0 Å². The normalized spacial score (nSPS) is 14.1. The summed E-state index contributed by atoms with van der Waals surface area (Å²) in [5, 5.41) is 8.72. The van der Waals surface area contributed by atoms with Crippen LogP contribution < -0.4 is 0 Å². The molecule has 0 fully saturated rings. The van der Waals surface area contributed by atoms with Gasteiger partial charge in [0.25, 0.3) is 0 Å². The first-order valence-electron chi connectivity index (χ1n) is 3.63. The minimum atomic E-state index is -5.11. The largest absolute Gasteiger partial charge is 0.418 e. The standard InChI is InChI=1S/C8H4BrF5O/c9-3-1-2-4(10)5(6(3)11)7(15)8(12,13)14/h1-2,7,15H. The van der Waals surface area contributed by atoms with E-state index in [0.29, 0.717) is 6.07 Å². The fourth-order valence-electron chi connectivity index (χ4n) is 0.957. The summed E-state index contributed by atoms with van der Waals surface area (Å²) in [7, 11) is 0. The Morgan fingerprint density at radius 1 is 1.20 bits per heavy atom. The molecule has 0 saturated heterocycles. The zero-order chi connectivity index (χ0) is 11.8. The van der Waals surface area contributed by atoms with Gasteiger partial charge in [-0.3, -0.25) is 0 Å². The van der Waals surface area contributed by atoms with Gasteiger partial charge in [-0.25, -0.2) is 8.78 Å². The van der Waals surface area contributed by atoms with Crippen molar-refractivity contribution in [1.29, 1.82) is 0 Å². The van der Waals surface area contributed by atoms with Crippen molar-refractivity contribution in [1.82, 2.24) is 0 Å². The van der Waals surface area contributed by atoms with Crippen LogP contribution in [0, 0.1) is 11.6 Å². The third kappa shape index (κ3) is 2.46. The average molecular weight is 291 g/mol. The Bertz CT molecular complexity index is 376. The molecular weight excluding hydrogens is 287 g/mol. The van der Waals surface area contributed by atoms with Crippen LogP contribution in [-0.4, -0.2) is 11.3 Å². The zero-order valence-electron chi connectivity index (χ0n) is 6.95. The molecule has 1 N–H and O–H groups in total. The van der Waals surface area contributed by atoms with Gasteiger partial charge in [0.2, 0.25) is 0 Å². The third-order valence-electron chi connectivity index (χ3n) is 1.66. The number of hydrogen-bond acceptors (Lipinski definition) is 1. The third-order valence-corrected chi connectivity index (χ3v) is 2.28. The molecule has 84 valence electrons. The number of alkyl halides is 3. The molecule has 0 aliphatic carbocycles. The highest BCUT2D eigenvalue weighted by Crippen LogP contribution is 2.36. The van der Waals surface area contributed by atoms with Gasteiger partial charge in [0, 0.05) is 0 Å². The molecule has 7 heteroatoms. The lowest BCUT2D eigenvalue weighted by atomic mass is 10.1. The Kier molecular flexibility index (Phi) is 3.34. The first-order chi connectivity index (χ1) is 6.75. The Morgan fingerprint density at radius 3 is 2.20 bits per heavy atom. The van der Waals surface area contributed by atoms with Gasteiger partial charge in [-0.15, -0.1) is 0 Å². The molecule has 1 atom stereocenters. The van der Waals surface area contributed by atoms with E-state index in [2.05, 4.69) is 15.9 Å². The highest BCUT2D eigenvalue weighted by Gasteiger charge is 2.42. The van der Waals surface area contributed by atoms with Crippen molar-refractivity contribution in [2.24, 2.45) is 0 Å². The van der Waals surface area contributed by atoms with E-state index in [-0.39, 0.29) is 4.47 Å². The number of aliphatic hydroxyl groups is 1. The Balaban J connectivity index is 3.31. The van der Waals surface area contributed by atoms with Gasteiger partial charge in [0.1, 0.15) is 11.6 Å². The van der Waals surface area contributed by atoms with Crippen LogP contribution >= 0.6 is 15.9 Å². The lowest BCUT2D eigenvalue weighted by Gasteiger charge is -2.16. The minimum Gasteiger partial charge on any atom is -0.379 e. The topological polar surface area (TPSA) is 20.2 Å². The number of halogens is 6. The zero-order valence-corrected chi connectivity index (χ0v) is 8.53. The molecule has 1 unspecified atom stereocenters. The van der Waals surface area contributed by atoms with Crippen LogP contribution in [0.3, 0.4) is 0 Å². The van der Waals surface area contributed by atoms with Crippen LogP contribution in [0.2, 0.25) is 0 Å². The predicted octanol–water partition coefficient (Wildman–Crippen LogP) is 3.32. The highest BCUT2D eigenvalue weighted by molar-refractivity contribution is 9.10. The Hall–Kier alpha value is -0.690. The second-order valence-corrected chi connectivity index (χ2v) is 3.56. The lowest BCUT2D eigenvalue weighted by Crippen LogP contribution is -2.22. The second-order valence-electron chi connectivity index (χ2n) is 2.70. The summed E-state index contributed by atoms with van der Waals surface area (Å²) >= 11 is 2.60. The van der Waals surface area contributed by atoms with Crippen molar-refractivity contribution in [2.75, 3.05) is 0 Å². The van der Waals surface area contributed by atoms with Gasteiger partial charge in [-0.05, 0) is 28.1 Å². The van der Waals surface area contributed by atoms with Crippen LogP contribution in [0.5, 0.6) is 0 Å². The Labute approximate surface area is 89.7 Å². The fourth-order valence-corrected chi connectivity index (χ4v) is 1.30. The fraction of sp³-hybridized carbons (Fsp3) is 0.250. The summed E-state index contributed by atoms with van der Waals surface area (Å²) < 4.78 is 61.7. The van der Waals surface area contributed by atoms with Gasteiger partial charge in [0.05, 0.1) is 10.0 Å². The predicted molar refractivity (Wildman–Crippen MR) is 45.1 cm³/mol. The van der Waals surface area contributed by atoms with E-state index in [1.54, 1.807) is 0 Å². The van der Waals surface area contributed by atoms with E-state index in [0.717, 1.165) is 6.07 Å². The average Bonchev–Trinajstić information content (AvgIpc) is 2.10. The quantitative estimate of drug-likeness (QED) is 0.621. The molecule has 0 amide bonds. The summed E-state index contributed by atoms with van der Waals surface area (Å²) in [4.78, 5) is 0. The molecule has 0 heterocycles. The molecular formula is C8H4BrF5O. The van der Waals surface area contributed by atoms with Crippen LogP contribution in [0.1, 0.15) is 11.7 Å². The summed E-state index contributed by atoms with van der Waals surface area (Å²) in [5.74, 6) is -2.90. The molecule has 0 aliphatic heterocycles. The monoisotopic (exact) mass is 290 g/mol. The van der Waals surface area contributed by atoms with E-state index < -0.39 is 29.5 Å². The maximum Gasteiger partial charge on any atom is 0.418 e. The first-order valence-corrected chi connectivity index (χ1v) is 4.42. The number of rotatable bonds is 1. The van der Waals surface area contributed by atoms with E-state index in [1.807, 2.05) is 0 Å². The summed E-state index contributed by atoms with van der Waals surface area (Å²) in [5.41, 5.74) is -1.41. The van der Waals surface area contributed by atoms with Crippen LogP contribution in [-0.2, 0) is 0 Å². The van der Waals surface area contributed by atoms with E-state index >= 15 is 0 Å². The van der Waals surface area contributed by atoms with Gasteiger partial charge in [-0.2, -0.15) is 13.2 Å². The molecule has 15 heavy (non-hydrogen) atoms. The number of benzene rings is 1. The second kappa shape index (κ2) is 4.05. The first kappa shape index (κ1) is 12.4. The molecule has 1 aromatic rings. The van der Waals surface area contributed by atoms with E-state index in [1.165, 1.54) is 0 Å². The molecule has 0 aliphatic rings. The van der Waals surface area contributed by atoms with Crippen molar-refractivity contribution in [3.8, 4) is 0 Å². The molecule has 1 rings (SSSR count). The van der Waals surface area contributed by atoms with Crippen molar-refractivity contribution < 1.29 is 27.1 Å². The number of aliphatic hydroxyl groups excluding tert-OH is 1. The number of hydrogen-bond donors (Lipinski definition) is 1. The smallest absolute Gasteiger partial charge is 0.379 e. The molecule has 0 spiro atoms. The van der Waals surface area contributed by atoms with Gasteiger partial charge >= 0.3 is 6.18 Å². The van der Waals surface area contributed by atoms with E-state index in [9.17, 15) is 22.0 Å². The molecule has 0 saturated carbocycles. The minimum absolute atomic E-state index is 0.345. The van der Waals surface area contributed by atoms with Crippen LogP contribution in [0.15, 0.2) is 16.6 Å². The van der Waals surface area contributed by atoms with Gasteiger partial charge < -0.3 is 5.11 Å². The van der Waals surface area contributed by atoms with Gasteiger partial charge in [-0.1, -0.05) is 0 Å². The van der Waals surface area contributed by atoms with Gasteiger partial charge in [0.15, 0.2) is 6.10 Å². The molecule has 0 radical (unpaired) electrons. The molecule has 0 aromatic heterocycles. The highest BCUT2D eigenvalue weighted by atomic mass is 79.9. The Morgan fingerprint density at radius 2 is 1.73 bits per heavy atom. The maximum absolute atomic E-state index is 13.1. The lowest BCUT2D eigenvalue weighted by molar-refractivity contribution is -0.208. The van der Waals surface area contributed by atoms with Crippen molar-refractivity contribution in [3.05, 3.63) is 33.8 Å². The van der Waals surface area contributed by atoms with Crippen LogP contribution in [0.25, 0.3) is 0 Å². The molecule has 0 bridgehead atoms. The van der Waals surface area contributed by atoms with Crippen LogP contribution in [0.4, 0.5) is 22.0 Å².